The van der Waals surface area contributed by atoms with Crippen molar-refractivity contribution in [3.8, 4) is 5.75 Å². The van der Waals surface area contributed by atoms with Crippen molar-refractivity contribution in [3.05, 3.63) is 64.2 Å². The fraction of sp³-hybridized carbons (Fsp3) is 0.429. The lowest BCUT2D eigenvalue weighted by atomic mass is 9.86. The van der Waals surface area contributed by atoms with E-state index in [-0.39, 0.29) is 0 Å². The van der Waals surface area contributed by atoms with E-state index in [0.29, 0.717) is 11.8 Å². The molecule has 1 heterocycles. The SMILES string of the molecule is COc1ccc2c(c1)C(Cc1cccc(Cl)c1)C(CN1CCC1)C2. The van der Waals surface area contributed by atoms with E-state index in [1.165, 1.54) is 49.2 Å². The highest BCUT2D eigenvalue weighted by Crippen LogP contribution is 2.42. The van der Waals surface area contributed by atoms with Crippen molar-refractivity contribution in [1.29, 1.82) is 0 Å². The molecule has 2 aromatic carbocycles. The van der Waals surface area contributed by atoms with Crippen LogP contribution in [-0.2, 0) is 12.8 Å². The Labute approximate surface area is 149 Å². The molecule has 2 aliphatic rings. The van der Waals surface area contributed by atoms with Crippen LogP contribution in [0.25, 0.3) is 0 Å². The summed E-state index contributed by atoms with van der Waals surface area (Å²) in [7, 11) is 1.75. The Morgan fingerprint density at radius 2 is 2.04 bits per heavy atom. The van der Waals surface area contributed by atoms with Crippen molar-refractivity contribution in [2.45, 2.75) is 25.2 Å². The predicted molar refractivity (Wildman–Crippen MR) is 99.1 cm³/mol. The molecule has 2 atom stereocenters. The van der Waals surface area contributed by atoms with Gasteiger partial charge in [-0.1, -0.05) is 29.8 Å². The minimum absolute atomic E-state index is 0.550. The Balaban J connectivity index is 1.62. The molecule has 1 aliphatic heterocycles. The van der Waals surface area contributed by atoms with Gasteiger partial charge in [-0.3, -0.25) is 0 Å². The molecule has 0 N–H and O–H groups in total. The van der Waals surface area contributed by atoms with Crippen LogP contribution >= 0.6 is 11.6 Å². The molecule has 0 saturated carbocycles. The van der Waals surface area contributed by atoms with Crippen LogP contribution in [0, 0.1) is 5.92 Å². The standard InChI is InChI=1S/C21H24ClNO/c1-24-19-7-6-16-12-17(14-23-8-3-9-23)20(21(16)13-19)11-15-4-2-5-18(22)10-15/h2,4-7,10,13,17,20H,3,8-9,11-12,14H2,1H3. The molecule has 2 unspecified atom stereocenters. The summed E-state index contributed by atoms with van der Waals surface area (Å²) in [6, 6.07) is 14.9. The lowest BCUT2D eigenvalue weighted by Gasteiger charge is -2.35. The molecule has 1 saturated heterocycles. The third-order valence-corrected chi connectivity index (χ3v) is 5.82. The zero-order valence-corrected chi connectivity index (χ0v) is 14.9. The first-order valence-corrected chi connectivity index (χ1v) is 9.24. The monoisotopic (exact) mass is 341 g/mol. The van der Waals surface area contributed by atoms with Gasteiger partial charge in [0.1, 0.15) is 5.75 Å². The van der Waals surface area contributed by atoms with Gasteiger partial charge in [-0.05, 0) is 85.1 Å². The molecule has 2 aromatic rings. The quantitative estimate of drug-likeness (QED) is 0.790. The van der Waals surface area contributed by atoms with Gasteiger partial charge in [-0.15, -0.1) is 0 Å². The molecule has 3 heteroatoms. The maximum atomic E-state index is 6.20. The van der Waals surface area contributed by atoms with Crippen molar-refractivity contribution in [3.63, 3.8) is 0 Å². The molecule has 0 spiro atoms. The van der Waals surface area contributed by atoms with Crippen molar-refractivity contribution in [1.82, 2.24) is 4.90 Å². The first-order chi connectivity index (χ1) is 11.7. The molecule has 0 bridgehead atoms. The van der Waals surface area contributed by atoms with Gasteiger partial charge in [0, 0.05) is 11.6 Å². The van der Waals surface area contributed by atoms with Gasteiger partial charge in [-0.25, -0.2) is 0 Å². The second-order valence-corrected chi connectivity index (χ2v) is 7.56. The fourth-order valence-electron chi connectivity index (χ4n) is 4.19. The van der Waals surface area contributed by atoms with E-state index in [0.717, 1.165) is 17.2 Å². The van der Waals surface area contributed by atoms with Gasteiger partial charge in [0.25, 0.3) is 0 Å². The van der Waals surface area contributed by atoms with E-state index in [2.05, 4.69) is 41.3 Å². The minimum Gasteiger partial charge on any atom is -0.497 e. The van der Waals surface area contributed by atoms with Crippen molar-refractivity contribution in [2.24, 2.45) is 5.92 Å². The first kappa shape index (κ1) is 16.0. The highest BCUT2D eigenvalue weighted by atomic mass is 35.5. The number of nitrogens with zero attached hydrogens (tertiary/aromatic N) is 1. The lowest BCUT2D eigenvalue weighted by Crippen LogP contribution is -2.41. The van der Waals surface area contributed by atoms with E-state index in [1.807, 2.05) is 6.07 Å². The summed E-state index contributed by atoms with van der Waals surface area (Å²) in [4.78, 5) is 2.60. The minimum atomic E-state index is 0.550. The molecule has 0 aromatic heterocycles. The number of methoxy groups -OCH3 is 1. The second kappa shape index (κ2) is 6.78. The van der Waals surface area contributed by atoms with Crippen LogP contribution < -0.4 is 4.74 Å². The Hall–Kier alpha value is -1.51. The number of rotatable bonds is 5. The summed E-state index contributed by atoms with van der Waals surface area (Å²) < 4.78 is 5.47. The van der Waals surface area contributed by atoms with Crippen molar-refractivity contribution in [2.75, 3.05) is 26.7 Å². The van der Waals surface area contributed by atoms with Gasteiger partial charge >= 0.3 is 0 Å². The van der Waals surface area contributed by atoms with E-state index in [1.54, 1.807) is 7.11 Å². The van der Waals surface area contributed by atoms with Gasteiger partial charge in [0.15, 0.2) is 0 Å². The average molecular weight is 342 g/mol. The number of hydrogen-bond acceptors (Lipinski definition) is 2. The molecular weight excluding hydrogens is 318 g/mol. The highest BCUT2D eigenvalue weighted by molar-refractivity contribution is 6.30. The summed E-state index contributed by atoms with van der Waals surface area (Å²) in [6.45, 7) is 3.74. The van der Waals surface area contributed by atoms with Gasteiger partial charge in [-0.2, -0.15) is 0 Å². The molecule has 1 fully saturated rings. The summed E-state index contributed by atoms with van der Waals surface area (Å²) in [5.74, 6) is 2.20. The summed E-state index contributed by atoms with van der Waals surface area (Å²) >= 11 is 6.20. The summed E-state index contributed by atoms with van der Waals surface area (Å²) in [5, 5.41) is 0.829. The van der Waals surface area contributed by atoms with Crippen LogP contribution in [0.4, 0.5) is 0 Å². The second-order valence-electron chi connectivity index (χ2n) is 7.12. The summed E-state index contributed by atoms with van der Waals surface area (Å²) in [6.07, 6.45) is 3.59. The molecular formula is C21H24ClNO. The molecule has 4 rings (SSSR count). The molecule has 24 heavy (non-hydrogen) atoms. The maximum Gasteiger partial charge on any atom is 0.119 e. The Morgan fingerprint density at radius 1 is 1.17 bits per heavy atom. The van der Waals surface area contributed by atoms with Crippen LogP contribution in [-0.4, -0.2) is 31.6 Å². The Morgan fingerprint density at radius 3 is 2.75 bits per heavy atom. The van der Waals surface area contributed by atoms with Crippen LogP contribution in [0.15, 0.2) is 42.5 Å². The van der Waals surface area contributed by atoms with E-state index < -0.39 is 0 Å². The number of benzene rings is 2. The Bertz CT molecular complexity index is 726. The van der Waals surface area contributed by atoms with Gasteiger partial charge < -0.3 is 9.64 Å². The highest BCUT2D eigenvalue weighted by Gasteiger charge is 2.34. The van der Waals surface area contributed by atoms with Gasteiger partial charge in [0.05, 0.1) is 7.11 Å². The normalized spacial score (nSPS) is 22.9. The Kier molecular flexibility index (Phi) is 4.51. The third kappa shape index (κ3) is 3.18. The largest absolute Gasteiger partial charge is 0.497 e. The zero-order valence-electron chi connectivity index (χ0n) is 14.2. The van der Waals surface area contributed by atoms with Gasteiger partial charge in [0.2, 0.25) is 0 Å². The number of fused-ring (bicyclic) bond motifs is 1. The molecule has 2 nitrogen and oxygen atoms in total. The molecule has 0 amide bonds. The number of likely N-dealkylation sites (tertiary alicyclic amines) is 1. The maximum absolute atomic E-state index is 6.20. The van der Waals surface area contributed by atoms with E-state index in [9.17, 15) is 0 Å². The van der Waals surface area contributed by atoms with Crippen LogP contribution in [0.5, 0.6) is 5.75 Å². The number of halogens is 1. The topological polar surface area (TPSA) is 12.5 Å². The van der Waals surface area contributed by atoms with E-state index >= 15 is 0 Å². The zero-order chi connectivity index (χ0) is 16.5. The third-order valence-electron chi connectivity index (χ3n) is 5.59. The molecule has 0 radical (unpaired) electrons. The van der Waals surface area contributed by atoms with E-state index in [4.69, 9.17) is 16.3 Å². The fourth-order valence-corrected chi connectivity index (χ4v) is 4.40. The number of hydrogen-bond donors (Lipinski definition) is 0. The van der Waals surface area contributed by atoms with Crippen LogP contribution in [0.1, 0.15) is 29.0 Å². The number of ether oxygens (including phenoxy) is 1. The summed E-state index contributed by atoms with van der Waals surface area (Å²) in [5.41, 5.74) is 4.30. The molecule has 126 valence electrons. The van der Waals surface area contributed by atoms with Crippen LogP contribution in [0.3, 0.4) is 0 Å². The van der Waals surface area contributed by atoms with Crippen LogP contribution in [0.2, 0.25) is 5.02 Å². The van der Waals surface area contributed by atoms with Crippen molar-refractivity contribution >= 4 is 11.6 Å². The molecule has 1 aliphatic carbocycles. The van der Waals surface area contributed by atoms with Crippen molar-refractivity contribution < 1.29 is 4.74 Å². The predicted octanol–water partition coefficient (Wildman–Crippen LogP) is 4.55. The smallest absolute Gasteiger partial charge is 0.119 e. The average Bonchev–Trinajstić information content (AvgIpc) is 2.88. The first-order valence-electron chi connectivity index (χ1n) is 8.86. The lowest BCUT2D eigenvalue weighted by molar-refractivity contribution is 0.145.